The SMILES string of the molecule is COc1cc(C(=O)NCC(O)(c2cc3c(c(-c4ccc(F)cc4)n2)OC[C@]3(C)C(=O)NC23CC(F)(C2)C3)C(F)(F)F)cc2cccnc12. The van der Waals surface area contributed by atoms with Gasteiger partial charge in [-0.3, -0.25) is 14.6 Å². The monoisotopic (exact) mass is 668 g/mol. The number of amides is 2. The van der Waals surface area contributed by atoms with Gasteiger partial charge < -0.3 is 25.2 Å². The predicted octanol–water partition coefficient (Wildman–Crippen LogP) is 5.04. The second-order valence-corrected chi connectivity index (χ2v) is 13.1. The minimum atomic E-state index is -5.38. The molecule has 0 radical (unpaired) electrons. The number of hydrogen-bond donors (Lipinski definition) is 3. The molecule has 3 fully saturated rings. The summed E-state index contributed by atoms with van der Waals surface area (Å²) in [7, 11) is 1.36. The van der Waals surface area contributed by atoms with Crippen molar-refractivity contribution in [2.24, 2.45) is 0 Å². The Balaban J connectivity index is 1.28. The van der Waals surface area contributed by atoms with Crippen molar-refractivity contribution < 1.29 is 46.1 Å². The molecule has 250 valence electrons. The van der Waals surface area contributed by atoms with E-state index in [1.807, 2.05) is 0 Å². The first-order chi connectivity index (χ1) is 22.6. The number of fused-ring (bicyclic) bond motifs is 2. The number of rotatable bonds is 8. The fourth-order valence-corrected chi connectivity index (χ4v) is 6.85. The molecule has 3 aliphatic carbocycles. The van der Waals surface area contributed by atoms with Crippen LogP contribution in [0.3, 0.4) is 0 Å². The maximum absolute atomic E-state index is 14.9. The van der Waals surface area contributed by atoms with E-state index in [1.165, 1.54) is 44.5 Å². The van der Waals surface area contributed by atoms with Gasteiger partial charge in [0.2, 0.25) is 11.5 Å². The Labute approximate surface area is 270 Å². The molecule has 0 saturated heterocycles. The molecule has 2 amide bonds. The number of carbonyl (C=O) groups is 2. The summed E-state index contributed by atoms with van der Waals surface area (Å²) < 4.78 is 84.0. The first-order valence-electron chi connectivity index (χ1n) is 15.1. The number of methoxy groups -OCH3 is 1. The minimum absolute atomic E-state index is 0.00773. The number of carbonyl (C=O) groups excluding carboxylic acids is 2. The van der Waals surface area contributed by atoms with Crippen LogP contribution >= 0.6 is 0 Å². The van der Waals surface area contributed by atoms with E-state index >= 15 is 0 Å². The lowest BCUT2D eigenvalue weighted by Crippen LogP contribution is -2.77. The molecular formula is C34H29F5N4O5. The van der Waals surface area contributed by atoms with Crippen molar-refractivity contribution in [1.29, 1.82) is 0 Å². The van der Waals surface area contributed by atoms with Crippen LogP contribution in [0.15, 0.2) is 60.8 Å². The number of alkyl halides is 4. The molecule has 1 unspecified atom stereocenters. The van der Waals surface area contributed by atoms with Crippen molar-refractivity contribution in [3.05, 3.63) is 83.4 Å². The third kappa shape index (κ3) is 4.92. The first kappa shape index (κ1) is 31.7. The largest absolute Gasteiger partial charge is 0.494 e. The van der Waals surface area contributed by atoms with Crippen LogP contribution in [0.2, 0.25) is 0 Å². The number of halogens is 5. The van der Waals surface area contributed by atoms with Gasteiger partial charge in [0.05, 0.1) is 19.3 Å². The van der Waals surface area contributed by atoms with Gasteiger partial charge in [0.25, 0.3) is 5.91 Å². The van der Waals surface area contributed by atoms with E-state index in [1.54, 1.807) is 12.1 Å². The van der Waals surface area contributed by atoms with Gasteiger partial charge in [-0.1, -0.05) is 6.07 Å². The third-order valence-electron chi connectivity index (χ3n) is 9.59. The molecule has 4 aliphatic rings. The van der Waals surface area contributed by atoms with Crippen molar-refractivity contribution in [3.8, 4) is 22.8 Å². The molecule has 48 heavy (non-hydrogen) atoms. The molecule has 2 atom stereocenters. The van der Waals surface area contributed by atoms with Gasteiger partial charge >= 0.3 is 6.18 Å². The van der Waals surface area contributed by atoms with Crippen molar-refractivity contribution >= 4 is 22.7 Å². The quantitative estimate of drug-likeness (QED) is 0.225. The van der Waals surface area contributed by atoms with Crippen molar-refractivity contribution in [1.82, 2.24) is 20.6 Å². The van der Waals surface area contributed by atoms with Crippen LogP contribution in [-0.2, 0) is 15.8 Å². The Morgan fingerprint density at radius 3 is 2.44 bits per heavy atom. The van der Waals surface area contributed by atoms with E-state index in [0.29, 0.717) is 10.9 Å². The Morgan fingerprint density at radius 2 is 1.79 bits per heavy atom. The molecule has 3 N–H and O–H groups in total. The number of hydrogen-bond acceptors (Lipinski definition) is 7. The lowest BCUT2D eigenvalue weighted by molar-refractivity contribution is -0.265. The predicted molar refractivity (Wildman–Crippen MR) is 162 cm³/mol. The molecule has 2 aromatic heterocycles. The average Bonchev–Trinajstić information content (AvgIpc) is 3.38. The zero-order chi connectivity index (χ0) is 34.3. The molecule has 14 heteroatoms. The second kappa shape index (κ2) is 10.6. The zero-order valence-electron chi connectivity index (χ0n) is 25.7. The van der Waals surface area contributed by atoms with E-state index in [4.69, 9.17) is 9.47 Å². The standard InChI is InChI=1S/C34H29F5N4O5/c1-30(29(45)43-32-13-31(36,14-32)15-32)17-48-27-22(30)12-24(42-26(27)18-5-7-21(35)8-6-18)33(46,34(37,38)39)16-41-28(44)20-10-19-4-3-9-40-25(19)23(11-20)47-2/h3-12,46H,13-17H2,1-2H3,(H,41,44)(H,43,45)/t30-,31?,32?,33?/m0/s1. The van der Waals surface area contributed by atoms with E-state index in [2.05, 4.69) is 20.6 Å². The fraction of sp³-hybridized carbons (Fsp3) is 0.353. The summed E-state index contributed by atoms with van der Waals surface area (Å²) in [5.74, 6) is -1.96. The van der Waals surface area contributed by atoms with Crippen molar-refractivity contribution in [3.63, 3.8) is 0 Å². The highest BCUT2D eigenvalue weighted by atomic mass is 19.4. The number of pyridine rings is 2. The molecule has 2 bridgehead atoms. The van der Waals surface area contributed by atoms with E-state index in [0.717, 1.165) is 18.2 Å². The van der Waals surface area contributed by atoms with Crippen molar-refractivity contribution in [2.45, 2.75) is 54.6 Å². The van der Waals surface area contributed by atoms with Gasteiger partial charge in [-0.25, -0.2) is 13.8 Å². The zero-order valence-corrected chi connectivity index (χ0v) is 25.7. The normalized spacial score (nSPS) is 25.2. The van der Waals surface area contributed by atoms with E-state index < -0.39 is 58.3 Å². The molecule has 1 aliphatic heterocycles. The summed E-state index contributed by atoms with van der Waals surface area (Å²) in [4.78, 5) is 35.3. The van der Waals surface area contributed by atoms with E-state index in [9.17, 15) is 36.6 Å². The van der Waals surface area contributed by atoms with Gasteiger partial charge in [0, 0.05) is 53.1 Å². The smallest absolute Gasteiger partial charge is 0.424 e. The Bertz CT molecular complexity index is 1970. The van der Waals surface area contributed by atoms with Gasteiger partial charge in [0.1, 0.15) is 46.2 Å². The average molecular weight is 669 g/mol. The van der Waals surface area contributed by atoms with Gasteiger partial charge in [-0.15, -0.1) is 0 Å². The number of ether oxygens (including phenoxy) is 2. The van der Waals surface area contributed by atoms with Crippen LogP contribution in [-0.4, -0.2) is 64.5 Å². The summed E-state index contributed by atoms with van der Waals surface area (Å²) in [6.45, 7) is -0.174. The molecule has 4 aromatic rings. The highest BCUT2D eigenvalue weighted by molar-refractivity contribution is 6.00. The summed E-state index contributed by atoms with van der Waals surface area (Å²) in [5, 5.41) is 17.0. The summed E-state index contributed by atoms with van der Waals surface area (Å²) in [5.41, 5.74) is -7.93. The molecule has 8 rings (SSSR count). The number of nitrogens with one attached hydrogen (secondary N) is 2. The minimum Gasteiger partial charge on any atom is -0.494 e. The number of nitrogens with zero attached hydrogens (tertiary/aromatic N) is 2. The van der Waals surface area contributed by atoms with Crippen LogP contribution in [0.4, 0.5) is 22.0 Å². The van der Waals surface area contributed by atoms with Gasteiger partial charge in [-0.05, 0) is 55.5 Å². The number of aromatic nitrogens is 2. The summed E-state index contributed by atoms with van der Waals surface area (Å²) in [6.07, 6.45) is -3.43. The number of aliphatic hydroxyl groups is 1. The van der Waals surface area contributed by atoms with Gasteiger partial charge in [0.15, 0.2) is 0 Å². The Kier molecular flexibility index (Phi) is 6.99. The van der Waals surface area contributed by atoms with E-state index in [-0.39, 0.29) is 59.8 Å². The van der Waals surface area contributed by atoms with Gasteiger partial charge in [-0.2, -0.15) is 13.2 Å². The lowest BCUT2D eigenvalue weighted by Gasteiger charge is -2.66. The van der Waals surface area contributed by atoms with Crippen LogP contribution in [0.1, 0.15) is 47.8 Å². The van der Waals surface area contributed by atoms with Crippen LogP contribution in [0.25, 0.3) is 22.2 Å². The highest BCUT2D eigenvalue weighted by Gasteiger charge is 2.70. The Hall–Kier alpha value is -4.85. The molecule has 3 saturated carbocycles. The first-order valence-corrected chi connectivity index (χ1v) is 15.1. The lowest BCUT2D eigenvalue weighted by atomic mass is 9.47. The molecular weight excluding hydrogens is 639 g/mol. The van der Waals surface area contributed by atoms with Crippen LogP contribution in [0.5, 0.6) is 11.5 Å². The Morgan fingerprint density at radius 1 is 1.08 bits per heavy atom. The van der Waals surface area contributed by atoms with Crippen LogP contribution < -0.4 is 20.1 Å². The molecule has 2 aromatic carbocycles. The molecule has 9 nitrogen and oxygen atoms in total. The summed E-state index contributed by atoms with van der Waals surface area (Å²) in [6, 6.07) is 11.7. The second-order valence-electron chi connectivity index (χ2n) is 13.1. The van der Waals surface area contributed by atoms with Crippen LogP contribution in [0, 0.1) is 5.82 Å². The fourth-order valence-electron chi connectivity index (χ4n) is 6.85. The maximum atomic E-state index is 14.9. The van der Waals surface area contributed by atoms with Crippen molar-refractivity contribution in [2.75, 3.05) is 20.3 Å². The highest BCUT2D eigenvalue weighted by Crippen LogP contribution is 2.63. The number of benzene rings is 2. The molecule has 3 heterocycles. The third-order valence-corrected chi connectivity index (χ3v) is 9.59. The maximum Gasteiger partial charge on any atom is 0.424 e. The molecule has 0 spiro atoms. The topological polar surface area (TPSA) is 123 Å². The summed E-state index contributed by atoms with van der Waals surface area (Å²) >= 11 is 0.